The lowest BCUT2D eigenvalue weighted by Gasteiger charge is -2.37. The zero-order valence-corrected chi connectivity index (χ0v) is 20.1. The summed E-state index contributed by atoms with van der Waals surface area (Å²) in [6.07, 6.45) is 9.06. The normalized spacial score (nSPS) is 25.9. The molecule has 0 radical (unpaired) electrons. The summed E-state index contributed by atoms with van der Waals surface area (Å²) in [5.74, 6) is 3.25. The minimum Gasteiger partial charge on any atom is -0.459 e. The molecule has 0 saturated heterocycles. The van der Waals surface area contributed by atoms with Gasteiger partial charge in [-0.05, 0) is 55.6 Å². The first-order chi connectivity index (χ1) is 14.9. The van der Waals surface area contributed by atoms with Crippen LogP contribution >= 0.6 is 0 Å². The highest BCUT2D eigenvalue weighted by molar-refractivity contribution is 5.80. The van der Waals surface area contributed by atoms with Gasteiger partial charge in [0.05, 0.1) is 7.05 Å². The van der Waals surface area contributed by atoms with Crippen molar-refractivity contribution in [2.45, 2.75) is 91.2 Å². The smallest absolute Gasteiger partial charge is 0.352 e. The maximum atomic E-state index is 13.9. The topological polar surface area (TPSA) is 35.1 Å². The lowest BCUT2D eigenvalue weighted by atomic mass is 9.75. The standard InChI is InChI=1S/C27H41N2O2/c1-6-25-28(5)22-13-9-10-14-23(22)29(25)26(20-11-7-8-12-20)27(30)31-24-17-19(4)15-16-21(24)18(2)3/h9-10,13-14,18-21,24,26H,6-8,11-12,15-17H2,1-5H3/q+1/t19-,21+,24?,26-/m1/s1. The van der Waals surface area contributed by atoms with Crippen molar-refractivity contribution >= 4 is 17.0 Å². The third-order valence-electron chi connectivity index (χ3n) is 8.08. The molecular formula is C27H41N2O2+. The minimum absolute atomic E-state index is 0.00713. The summed E-state index contributed by atoms with van der Waals surface area (Å²) >= 11 is 0. The number of hydrogen-bond acceptors (Lipinski definition) is 2. The third-order valence-corrected chi connectivity index (χ3v) is 8.08. The second kappa shape index (κ2) is 9.34. The van der Waals surface area contributed by atoms with Crippen molar-refractivity contribution < 1.29 is 14.1 Å². The number of aromatic nitrogens is 2. The second-order valence-corrected chi connectivity index (χ2v) is 10.5. The molecule has 1 unspecified atom stereocenters. The Balaban J connectivity index is 1.73. The summed E-state index contributed by atoms with van der Waals surface area (Å²) in [7, 11) is 2.13. The summed E-state index contributed by atoms with van der Waals surface area (Å²) in [5.41, 5.74) is 2.36. The van der Waals surface area contributed by atoms with Crippen molar-refractivity contribution in [3.63, 3.8) is 0 Å². The van der Waals surface area contributed by atoms with Gasteiger partial charge >= 0.3 is 5.97 Å². The van der Waals surface area contributed by atoms with Gasteiger partial charge in [-0.25, -0.2) is 13.9 Å². The van der Waals surface area contributed by atoms with Gasteiger partial charge in [-0.3, -0.25) is 0 Å². The van der Waals surface area contributed by atoms with Gasteiger partial charge in [-0.1, -0.05) is 59.1 Å². The Hall–Kier alpha value is -1.84. The number of ether oxygens (including phenoxy) is 1. The van der Waals surface area contributed by atoms with E-state index in [0.717, 1.165) is 31.2 Å². The number of hydrogen-bond donors (Lipinski definition) is 0. The van der Waals surface area contributed by atoms with Crippen molar-refractivity contribution in [1.82, 2.24) is 4.57 Å². The fraction of sp³-hybridized carbons (Fsp3) is 0.704. The number of benzene rings is 1. The molecule has 2 aliphatic carbocycles. The van der Waals surface area contributed by atoms with E-state index in [2.05, 4.69) is 68.1 Å². The highest BCUT2D eigenvalue weighted by Crippen LogP contribution is 2.40. The number of rotatable bonds is 6. The molecule has 0 amide bonds. The Bertz CT molecular complexity index is 909. The SMILES string of the molecule is CCc1n([C@@H](C(=O)OC2C[C@H](C)CC[C@H]2C(C)C)C2CCCC2)c2ccccc2[n+]1C. The van der Waals surface area contributed by atoms with Crippen LogP contribution in [0.2, 0.25) is 0 Å². The van der Waals surface area contributed by atoms with E-state index in [0.29, 0.717) is 23.7 Å². The lowest BCUT2D eigenvalue weighted by molar-refractivity contribution is -0.654. The van der Waals surface area contributed by atoms with Gasteiger partial charge in [0.25, 0.3) is 5.82 Å². The number of carbonyl (C=O) groups excluding carboxylic acids is 1. The Morgan fingerprint density at radius 3 is 2.55 bits per heavy atom. The zero-order chi connectivity index (χ0) is 22.1. The fourth-order valence-electron chi connectivity index (χ4n) is 6.36. The van der Waals surface area contributed by atoms with Crippen molar-refractivity contribution in [3.8, 4) is 0 Å². The molecule has 2 fully saturated rings. The van der Waals surface area contributed by atoms with Crippen LogP contribution in [-0.4, -0.2) is 16.6 Å². The molecule has 170 valence electrons. The second-order valence-electron chi connectivity index (χ2n) is 10.5. The molecule has 4 rings (SSSR count). The van der Waals surface area contributed by atoms with E-state index in [4.69, 9.17) is 4.74 Å². The summed E-state index contributed by atoms with van der Waals surface area (Å²) < 4.78 is 11.1. The van der Waals surface area contributed by atoms with Crippen LogP contribution in [0.4, 0.5) is 0 Å². The number of aryl methyl sites for hydroxylation is 1. The van der Waals surface area contributed by atoms with E-state index in [9.17, 15) is 4.79 Å². The molecule has 4 heteroatoms. The molecule has 1 aromatic heterocycles. The van der Waals surface area contributed by atoms with Crippen LogP contribution in [0.3, 0.4) is 0 Å². The van der Waals surface area contributed by atoms with Crippen molar-refractivity contribution in [1.29, 1.82) is 0 Å². The maximum Gasteiger partial charge on any atom is 0.352 e. The number of carbonyl (C=O) groups is 1. The molecule has 0 N–H and O–H groups in total. The molecule has 0 spiro atoms. The van der Waals surface area contributed by atoms with Gasteiger partial charge in [0.1, 0.15) is 6.10 Å². The number of nitrogens with zero attached hydrogens (tertiary/aromatic N) is 2. The number of fused-ring (bicyclic) bond motifs is 1. The van der Waals surface area contributed by atoms with Crippen molar-refractivity contribution in [2.24, 2.45) is 30.7 Å². The van der Waals surface area contributed by atoms with Gasteiger partial charge in [-0.15, -0.1) is 0 Å². The van der Waals surface area contributed by atoms with E-state index in [1.807, 2.05) is 0 Å². The number of imidazole rings is 1. The Morgan fingerprint density at radius 2 is 1.87 bits per heavy atom. The van der Waals surface area contributed by atoms with E-state index in [1.54, 1.807) is 0 Å². The Kier molecular flexibility index (Phi) is 6.74. The molecule has 4 nitrogen and oxygen atoms in total. The average Bonchev–Trinajstić information content (AvgIpc) is 3.36. The summed E-state index contributed by atoms with van der Waals surface area (Å²) in [4.78, 5) is 13.9. The quantitative estimate of drug-likeness (QED) is 0.435. The molecule has 2 saturated carbocycles. The van der Waals surface area contributed by atoms with Crippen LogP contribution in [0.15, 0.2) is 24.3 Å². The molecular weight excluding hydrogens is 384 g/mol. The van der Waals surface area contributed by atoms with Gasteiger partial charge in [-0.2, -0.15) is 0 Å². The van der Waals surface area contributed by atoms with Crippen LogP contribution < -0.4 is 4.57 Å². The highest BCUT2D eigenvalue weighted by Gasteiger charge is 2.43. The van der Waals surface area contributed by atoms with Crippen molar-refractivity contribution in [3.05, 3.63) is 30.1 Å². The number of para-hydroxylation sites is 2. The van der Waals surface area contributed by atoms with Gasteiger partial charge in [0.15, 0.2) is 11.0 Å². The molecule has 1 heterocycles. The first kappa shape index (κ1) is 22.4. The van der Waals surface area contributed by atoms with Gasteiger partial charge in [0, 0.05) is 12.3 Å². The Labute approximate surface area is 188 Å². The number of esters is 1. The van der Waals surface area contributed by atoms with E-state index >= 15 is 0 Å². The lowest BCUT2D eigenvalue weighted by Crippen LogP contribution is -2.40. The first-order valence-electron chi connectivity index (χ1n) is 12.6. The monoisotopic (exact) mass is 425 g/mol. The predicted octanol–water partition coefficient (Wildman–Crippen LogP) is 5.76. The molecule has 31 heavy (non-hydrogen) atoms. The predicted molar refractivity (Wildman–Crippen MR) is 125 cm³/mol. The molecule has 4 atom stereocenters. The van der Waals surface area contributed by atoms with Crippen molar-refractivity contribution in [2.75, 3.05) is 0 Å². The summed E-state index contributed by atoms with van der Waals surface area (Å²) in [6, 6.07) is 8.30. The molecule has 2 aromatic rings. The molecule has 1 aromatic carbocycles. The van der Waals surface area contributed by atoms with Crippen LogP contribution in [0, 0.1) is 23.7 Å². The van der Waals surface area contributed by atoms with Crippen LogP contribution in [0.5, 0.6) is 0 Å². The average molecular weight is 426 g/mol. The third kappa shape index (κ3) is 4.27. The minimum atomic E-state index is -0.214. The Morgan fingerprint density at radius 1 is 1.16 bits per heavy atom. The summed E-state index contributed by atoms with van der Waals surface area (Å²) in [6.45, 7) is 9.06. The fourth-order valence-corrected chi connectivity index (χ4v) is 6.36. The van der Waals surface area contributed by atoms with Gasteiger partial charge < -0.3 is 4.74 Å². The van der Waals surface area contributed by atoms with Crippen LogP contribution in [0.25, 0.3) is 11.0 Å². The summed E-state index contributed by atoms with van der Waals surface area (Å²) in [5, 5.41) is 0. The van der Waals surface area contributed by atoms with Crippen LogP contribution in [0.1, 0.15) is 84.5 Å². The van der Waals surface area contributed by atoms with Crippen LogP contribution in [-0.2, 0) is 23.0 Å². The van der Waals surface area contributed by atoms with E-state index in [1.165, 1.54) is 37.0 Å². The molecule has 0 aliphatic heterocycles. The van der Waals surface area contributed by atoms with Gasteiger partial charge in [0.2, 0.25) is 6.04 Å². The van der Waals surface area contributed by atoms with E-state index < -0.39 is 0 Å². The first-order valence-corrected chi connectivity index (χ1v) is 12.6. The maximum absolute atomic E-state index is 13.9. The highest BCUT2D eigenvalue weighted by atomic mass is 16.5. The molecule has 2 aliphatic rings. The zero-order valence-electron chi connectivity index (χ0n) is 20.1. The molecule has 0 bridgehead atoms. The van der Waals surface area contributed by atoms with E-state index in [-0.39, 0.29) is 18.1 Å². The largest absolute Gasteiger partial charge is 0.459 e.